The number of hydrogen-bond acceptors (Lipinski definition) is 5. The zero-order chi connectivity index (χ0) is 13.9. The first-order valence-electron chi connectivity index (χ1n) is 6.59. The van der Waals surface area contributed by atoms with E-state index in [2.05, 4.69) is 16.3 Å². The highest BCUT2D eigenvalue weighted by Gasteiger charge is 2.39. The lowest BCUT2D eigenvalue weighted by Crippen LogP contribution is -2.41. The first-order chi connectivity index (χ1) is 9.10. The van der Waals surface area contributed by atoms with Crippen LogP contribution in [-0.2, 0) is 6.54 Å². The zero-order valence-electron chi connectivity index (χ0n) is 11.1. The smallest absolute Gasteiger partial charge is 0.313 e. The van der Waals surface area contributed by atoms with Gasteiger partial charge in [0.15, 0.2) is 5.16 Å². The number of nitrogens with two attached hydrogens (primary N) is 1. The van der Waals surface area contributed by atoms with E-state index in [1.54, 1.807) is 16.3 Å². The summed E-state index contributed by atoms with van der Waals surface area (Å²) in [6, 6.07) is 2.26. The lowest BCUT2D eigenvalue weighted by molar-refractivity contribution is 0.389. The molecule has 7 heteroatoms. The van der Waals surface area contributed by atoms with Crippen LogP contribution in [0.3, 0.4) is 0 Å². The highest BCUT2D eigenvalue weighted by atomic mass is 32.2. The van der Waals surface area contributed by atoms with Crippen LogP contribution < -0.4 is 11.4 Å². The summed E-state index contributed by atoms with van der Waals surface area (Å²) >= 11 is 1.55. The van der Waals surface area contributed by atoms with Gasteiger partial charge in [0.2, 0.25) is 0 Å². The van der Waals surface area contributed by atoms with Crippen molar-refractivity contribution in [2.24, 2.45) is 11.7 Å². The van der Waals surface area contributed by atoms with Gasteiger partial charge in [-0.2, -0.15) is 5.26 Å². The number of rotatable bonds is 5. The maximum absolute atomic E-state index is 11.4. The van der Waals surface area contributed by atoms with Gasteiger partial charge in [-0.1, -0.05) is 18.2 Å². The number of thioether (sulfide) groups is 1. The molecule has 0 amide bonds. The van der Waals surface area contributed by atoms with Crippen molar-refractivity contribution in [1.82, 2.24) is 14.8 Å². The molecule has 0 saturated heterocycles. The molecule has 0 radical (unpaired) electrons. The Morgan fingerprint density at radius 1 is 1.74 bits per heavy atom. The van der Waals surface area contributed by atoms with Crippen LogP contribution in [0.4, 0.5) is 0 Å². The standard InChI is InChI=1S/C12H19N5OS/c1-2-17-10(18)15-16-11(17)19-7-5-9-4-3-6-12(9,14)8-13/h9H,2-7,14H2,1H3,(H,15,18). The molecule has 6 nitrogen and oxygen atoms in total. The van der Waals surface area contributed by atoms with Gasteiger partial charge in [0.05, 0.1) is 6.07 Å². The molecule has 1 heterocycles. The maximum atomic E-state index is 11.4. The van der Waals surface area contributed by atoms with Gasteiger partial charge in [-0.25, -0.2) is 9.89 Å². The van der Waals surface area contributed by atoms with Crippen LogP contribution in [0.15, 0.2) is 9.95 Å². The molecule has 1 fully saturated rings. The Hall–Kier alpha value is -1.26. The third-order valence-corrected chi connectivity index (χ3v) is 4.83. The molecule has 0 bridgehead atoms. The minimum Gasteiger partial charge on any atom is -0.313 e. The highest BCUT2D eigenvalue weighted by Crippen LogP contribution is 2.36. The molecule has 1 aliphatic carbocycles. The topological polar surface area (TPSA) is 100 Å². The third kappa shape index (κ3) is 2.85. The van der Waals surface area contributed by atoms with E-state index in [0.717, 1.165) is 31.4 Å². The van der Waals surface area contributed by atoms with Crippen LogP contribution in [-0.4, -0.2) is 26.1 Å². The van der Waals surface area contributed by atoms with E-state index in [0.29, 0.717) is 11.7 Å². The molecule has 19 heavy (non-hydrogen) atoms. The first-order valence-corrected chi connectivity index (χ1v) is 7.57. The SMILES string of the molecule is CCn1c(SCCC2CCCC2(N)C#N)n[nH]c1=O. The molecule has 0 aromatic carbocycles. The summed E-state index contributed by atoms with van der Waals surface area (Å²) < 4.78 is 1.61. The summed E-state index contributed by atoms with van der Waals surface area (Å²) in [5.41, 5.74) is 5.27. The average Bonchev–Trinajstić information content (AvgIpc) is 2.94. The van der Waals surface area contributed by atoms with Crippen molar-refractivity contribution in [3.05, 3.63) is 10.5 Å². The Bertz CT molecular complexity index is 531. The highest BCUT2D eigenvalue weighted by molar-refractivity contribution is 7.99. The van der Waals surface area contributed by atoms with E-state index < -0.39 is 5.54 Å². The number of aromatic amines is 1. The largest absolute Gasteiger partial charge is 0.343 e. The number of hydrogen-bond donors (Lipinski definition) is 2. The minimum absolute atomic E-state index is 0.170. The predicted octanol–water partition coefficient (Wildman–Crippen LogP) is 1.09. The quantitative estimate of drug-likeness (QED) is 0.787. The van der Waals surface area contributed by atoms with E-state index in [4.69, 9.17) is 11.0 Å². The van der Waals surface area contributed by atoms with Gasteiger partial charge in [0, 0.05) is 12.3 Å². The predicted molar refractivity (Wildman–Crippen MR) is 73.7 cm³/mol. The van der Waals surface area contributed by atoms with Crippen LogP contribution in [0.25, 0.3) is 0 Å². The van der Waals surface area contributed by atoms with Crippen molar-refractivity contribution in [3.8, 4) is 6.07 Å². The van der Waals surface area contributed by atoms with Crippen LogP contribution in [0.1, 0.15) is 32.6 Å². The molecule has 1 aromatic rings. The van der Waals surface area contributed by atoms with Crippen molar-refractivity contribution in [2.45, 2.75) is 49.8 Å². The normalized spacial score (nSPS) is 26.5. The molecule has 2 unspecified atom stereocenters. The number of nitrogens with one attached hydrogen (secondary N) is 1. The summed E-state index contributed by atoms with van der Waals surface area (Å²) in [6.07, 6.45) is 3.73. The second kappa shape index (κ2) is 5.80. The first kappa shape index (κ1) is 14.2. The van der Waals surface area contributed by atoms with Crippen molar-refractivity contribution in [1.29, 1.82) is 5.26 Å². The molecule has 3 N–H and O–H groups in total. The fourth-order valence-corrected chi connectivity index (χ4v) is 3.70. The van der Waals surface area contributed by atoms with Gasteiger partial charge < -0.3 is 5.73 Å². The molecule has 2 atom stereocenters. The second-order valence-electron chi connectivity index (χ2n) is 4.93. The monoisotopic (exact) mass is 281 g/mol. The molecular formula is C12H19N5OS. The van der Waals surface area contributed by atoms with Gasteiger partial charge in [-0.3, -0.25) is 4.57 Å². The Kier molecular flexibility index (Phi) is 4.32. The van der Waals surface area contributed by atoms with E-state index in [1.165, 1.54) is 0 Å². The minimum atomic E-state index is -0.656. The van der Waals surface area contributed by atoms with E-state index in [-0.39, 0.29) is 11.6 Å². The summed E-state index contributed by atoms with van der Waals surface area (Å²) in [5, 5.41) is 16.3. The van der Waals surface area contributed by atoms with Gasteiger partial charge in [-0.15, -0.1) is 5.10 Å². The number of aromatic nitrogens is 3. The van der Waals surface area contributed by atoms with Gasteiger partial charge >= 0.3 is 5.69 Å². The molecule has 104 valence electrons. The Labute approximate surface area is 116 Å². The lowest BCUT2D eigenvalue weighted by atomic mass is 9.88. The van der Waals surface area contributed by atoms with E-state index >= 15 is 0 Å². The van der Waals surface area contributed by atoms with Crippen LogP contribution in [0, 0.1) is 17.2 Å². The Morgan fingerprint density at radius 3 is 3.21 bits per heavy atom. The van der Waals surface area contributed by atoms with Gasteiger partial charge in [0.25, 0.3) is 0 Å². The molecule has 1 aliphatic rings. The van der Waals surface area contributed by atoms with Crippen molar-refractivity contribution >= 4 is 11.8 Å². The molecule has 0 aliphatic heterocycles. The summed E-state index contributed by atoms with van der Waals surface area (Å²) in [7, 11) is 0. The second-order valence-corrected chi connectivity index (χ2v) is 6.00. The molecule has 1 saturated carbocycles. The third-order valence-electron chi connectivity index (χ3n) is 3.82. The number of nitriles is 1. The molecule has 2 rings (SSSR count). The van der Waals surface area contributed by atoms with Crippen LogP contribution in [0.5, 0.6) is 0 Å². The van der Waals surface area contributed by atoms with E-state index in [9.17, 15) is 4.79 Å². The van der Waals surface area contributed by atoms with E-state index in [1.807, 2.05) is 6.92 Å². The van der Waals surface area contributed by atoms with Gasteiger partial charge in [-0.05, 0) is 32.1 Å². The summed E-state index contributed by atoms with van der Waals surface area (Å²) in [5.74, 6) is 1.08. The fraction of sp³-hybridized carbons (Fsp3) is 0.750. The molecule has 1 aromatic heterocycles. The van der Waals surface area contributed by atoms with Crippen molar-refractivity contribution in [2.75, 3.05) is 5.75 Å². The van der Waals surface area contributed by atoms with Crippen LogP contribution in [0.2, 0.25) is 0 Å². The molecule has 0 spiro atoms. The van der Waals surface area contributed by atoms with Crippen LogP contribution >= 0.6 is 11.8 Å². The Balaban J connectivity index is 1.90. The van der Waals surface area contributed by atoms with Crippen molar-refractivity contribution in [3.63, 3.8) is 0 Å². The maximum Gasteiger partial charge on any atom is 0.343 e. The van der Waals surface area contributed by atoms with Crippen molar-refractivity contribution < 1.29 is 0 Å². The lowest BCUT2D eigenvalue weighted by Gasteiger charge is -2.23. The number of H-pyrrole nitrogens is 1. The number of nitrogens with zero attached hydrogens (tertiary/aromatic N) is 3. The fourth-order valence-electron chi connectivity index (χ4n) is 2.64. The molecular weight excluding hydrogens is 262 g/mol. The Morgan fingerprint density at radius 2 is 2.53 bits per heavy atom. The zero-order valence-corrected chi connectivity index (χ0v) is 11.9. The summed E-state index contributed by atoms with van der Waals surface area (Å²) in [6.45, 7) is 2.53. The van der Waals surface area contributed by atoms with Gasteiger partial charge in [0.1, 0.15) is 5.54 Å². The summed E-state index contributed by atoms with van der Waals surface area (Å²) in [4.78, 5) is 11.4. The average molecular weight is 281 g/mol.